The number of carbonyl (C=O) groups excluding carboxylic acids is 1. The fourth-order valence-corrected chi connectivity index (χ4v) is 1.84. The van der Waals surface area contributed by atoms with Gasteiger partial charge in [0, 0.05) is 6.04 Å². The Kier molecular flexibility index (Phi) is 3.87. The van der Waals surface area contributed by atoms with Crippen LogP contribution in [-0.4, -0.2) is 32.3 Å². The number of aromatic nitrogens is 3. The van der Waals surface area contributed by atoms with Crippen molar-refractivity contribution in [3.63, 3.8) is 0 Å². The minimum absolute atomic E-state index is 0.164. The van der Waals surface area contributed by atoms with Crippen molar-refractivity contribution in [1.29, 1.82) is 0 Å². The van der Waals surface area contributed by atoms with Crippen LogP contribution in [0.25, 0.3) is 0 Å². The number of amides is 1. The highest BCUT2D eigenvalue weighted by molar-refractivity contribution is 5.84. The predicted octanol–water partition coefficient (Wildman–Crippen LogP) is 0.137. The first-order chi connectivity index (χ1) is 7.74. The van der Waals surface area contributed by atoms with E-state index in [0.29, 0.717) is 12.4 Å². The maximum absolute atomic E-state index is 11.6. The second-order valence-corrected chi connectivity index (χ2v) is 4.86. The highest BCUT2D eigenvalue weighted by Crippen LogP contribution is 2.10. The summed E-state index contributed by atoms with van der Waals surface area (Å²) >= 11 is 0. The number of nitrogens with one attached hydrogen (secondary N) is 1. The van der Waals surface area contributed by atoms with Gasteiger partial charge in [-0.15, -0.1) is 0 Å². The van der Waals surface area contributed by atoms with Crippen LogP contribution >= 0.6 is 0 Å². The predicted molar refractivity (Wildman–Crippen MR) is 65.4 cm³/mol. The molecule has 6 nitrogen and oxygen atoms in total. The number of nitrogens with zero attached hydrogens (tertiary/aromatic N) is 3. The lowest BCUT2D eigenvalue weighted by atomic mass is 10.0. The lowest BCUT2D eigenvalue weighted by molar-refractivity contribution is -0.124. The Bertz CT molecular complexity index is 412. The van der Waals surface area contributed by atoms with Gasteiger partial charge in [-0.3, -0.25) is 10.1 Å². The molecule has 1 heterocycles. The van der Waals surface area contributed by atoms with Crippen molar-refractivity contribution in [3.05, 3.63) is 11.6 Å². The first kappa shape index (κ1) is 13.6. The van der Waals surface area contributed by atoms with E-state index in [4.69, 9.17) is 5.73 Å². The minimum atomic E-state index is -0.820. The first-order valence-electron chi connectivity index (χ1n) is 5.70. The van der Waals surface area contributed by atoms with Crippen molar-refractivity contribution >= 4 is 5.91 Å². The Morgan fingerprint density at radius 3 is 2.47 bits per heavy atom. The molecular weight excluding hydrogens is 218 g/mol. The summed E-state index contributed by atoms with van der Waals surface area (Å²) in [5.74, 6) is 1.08. The SMILES string of the molecule is Cc1nc(C)n(CC(C)(NC(C)C)C(N)=O)n1. The first-order valence-corrected chi connectivity index (χ1v) is 5.70. The summed E-state index contributed by atoms with van der Waals surface area (Å²) in [5, 5.41) is 7.42. The molecule has 1 aromatic heterocycles. The molecule has 3 N–H and O–H groups in total. The molecule has 0 spiro atoms. The summed E-state index contributed by atoms with van der Waals surface area (Å²) in [5.41, 5.74) is 4.64. The molecule has 0 fully saturated rings. The van der Waals surface area contributed by atoms with Crippen LogP contribution in [0.3, 0.4) is 0 Å². The average molecular weight is 239 g/mol. The molecule has 0 bridgehead atoms. The molecular formula is C11H21N5O. The zero-order valence-electron chi connectivity index (χ0n) is 11.1. The normalized spacial score (nSPS) is 14.9. The highest BCUT2D eigenvalue weighted by atomic mass is 16.1. The fourth-order valence-electron chi connectivity index (χ4n) is 1.84. The molecule has 0 aliphatic rings. The fraction of sp³-hybridized carbons (Fsp3) is 0.727. The van der Waals surface area contributed by atoms with E-state index in [1.807, 2.05) is 27.7 Å². The molecule has 1 aromatic rings. The van der Waals surface area contributed by atoms with Crippen molar-refractivity contribution in [2.75, 3.05) is 0 Å². The van der Waals surface area contributed by atoms with E-state index in [-0.39, 0.29) is 6.04 Å². The van der Waals surface area contributed by atoms with Crippen LogP contribution in [-0.2, 0) is 11.3 Å². The van der Waals surface area contributed by atoms with E-state index >= 15 is 0 Å². The zero-order chi connectivity index (χ0) is 13.2. The second-order valence-electron chi connectivity index (χ2n) is 4.86. The molecule has 17 heavy (non-hydrogen) atoms. The van der Waals surface area contributed by atoms with Crippen molar-refractivity contribution in [1.82, 2.24) is 20.1 Å². The van der Waals surface area contributed by atoms with E-state index < -0.39 is 11.4 Å². The number of primary amides is 1. The molecule has 1 rings (SSSR count). The lowest BCUT2D eigenvalue weighted by Gasteiger charge is -2.29. The molecule has 0 saturated heterocycles. The Morgan fingerprint density at radius 2 is 2.12 bits per heavy atom. The van der Waals surface area contributed by atoms with Crippen LogP contribution in [0, 0.1) is 13.8 Å². The Morgan fingerprint density at radius 1 is 1.53 bits per heavy atom. The van der Waals surface area contributed by atoms with E-state index in [1.54, 1.807) is 11.6 Å². The van der Waals surface area contributed by atoms with E-state index in [0.717, 1.165) is 5.82 Å². The quantitative estimate of drug-likeness (QED) is 0.765. The van der Waals surface area contributed by atoms with Gasteiger partial charge in [0.25, 0.3) is 0 Å². The molecule has 96 valence electrons. The van der Waals surface area contributed by atoms with Gasteiger partial charge in [-0.2, -0.15) is 5.10 Å². The van der Waals surface area contributed by atoms with Gasteiger partial charge in [-0.1, -0.05) is 0 Å². The summed E-state index contributed by atoms with van der Waals surface area (Å²) in [7, 11) is 0. The summed E-state index contributed by atoms with van der Waals surface area (Å²) in [6.07, 6.45) is 0. The number of nitrogens with two attached hydrogens (primary N) is 1. The van der Waals surface area contributed by atoms with Crippen LogP contribution in [0.4, 0.5) is 0 Å². The third kappa shape index (κ3) is 3.26. The van der Waals surface area contributed by atoms with Gasteiger partial charge >= 0.3 is 0 Å². The van der Waals surface area contributed by atoms with Gasteiger partial charge < -0.3 is 5.73 Å². The summed E-state index contributed by atoms with van der Waals surface area (Å²) < 4.78 is 1.70. The van der Waals surface area contributed by atoms with Crippen LogP contribution in [0.15, 0.2) is 0 Å². The van der Waals surface area contributed by atoms with Crippen molar-refractivity contribution < 1.29 is 4.79 Å². The molecule has 0 radical (unpaired) electrons. The molecule has 1 atom stereocenters. The highest BCUT2D eigenvalue weighted by Gasteiger charge is 2.33. The number of rotatable bonds is 5. The summed E-state index contributed by atoms with van der Waals surface area (Å²) in [6.45, 7) is 9.79. The van der Waals surface area contributed by atoms with Gasteiger partial charge in [0.1, 0.15) is 17.2 Å². The molecule has 1 unspecified atom stereocenters. The molecule has 1 amide bonds. The number of hydrogen-bond acceptors (Lipinski definition) is 4. The Balaban J connectivity index is 2.94. The number of hydrogen-bond donors (Lipinski definition) is 2. The maximum Gasteiger partial charge on any atom is 0.239 e. The Hall–Kier alpha value is -1.43. The third-order valence-electron chi connectivity index (χ3n) is 2.58. The van der Waals surface area contributed by atoms with Gasteiger partial charge in [0.2, 0.25) is 5.91 Å². The molecule has 6 heteroatoms. The number of aryl methyl sites for hydroxylation is 2. The van der Waals surface area contributed by atoms with Gasteiger partial charge in [0.15, 0.2) is 0 Å². The zero-order valence-corrected chi connectivity index (χ0v) is 11.1. The standard InChI is InChI=1S/C11H21N5O/c1-7(2)14-11(5,10(12)17)6-16-9(4)13-8(3)15-16/h7,14H,6H2,1-5H3,(H2,12,17). The number of carbonyl (C=O) groups is 1. The van der Waals surface area contributed by atoms with Crippen LogP contribution in [0.1, 0.15) is 32.4 Å². The largest absolute Gasteiger partial charge is 0.368 e. The van der Waals surface area contributed by atoms with E-state index in [1.165, 1.54) is 0 Å². The smallest absolute Gasteiger partial charge is 0.239 e. The third-order valence-corrected chi connectivity index (χ3v) is 2.58. The van der Waals surface area contributed by atoms with Gasteiger partial charge in [0.05, 0.1) is 6.54 Å². The van der Waals surface area contributed by atoms with Crippen molar-refractivity contribution in [2.45, 2.75) is 52.7 Å². The summed E-state index contributed by atoms with van der Waals surface area (Å²) in [4.78, 5) is 15.8. The lowest BCUT2D eigenvalue weighted by Crippen LogP contribution is -2.58. The van der Waals surface area contributed by atoms with Crippen LogP contribution in [0.5, 0.6) is 0 Å². The van der Waals surface area contributed by atoms with E-state index in [9.17, 15) is 4.79 Å². The summed E-state index contributed by atoms with van der Waals surface area (Å²) in [6, 6.07) is 0.164. The van der Waals surface area contributed by atoms with Crippen molar-refractivity contribution in [2.24, 2.45) is 5.73 Å². The average Bonchev–Trinajstić information content (AvgIpc) is 2.43. The van der Waals surface area contributed by atoms with E-state index in [2.05, 4.69) is 15.4 Å². The molecule has 0 aliphatic heterocycles. The monoisotopic (exact) mass is 239 g/mol. The molecule has 0 aromatic carbocycles. The Labute approximate surface area is 102 Å². The van der Waals surface area contributed by atoms with Gasteiger partial charge in [-0.05, 0) is 34.6 Å². The van der Waals surface area contributed by atoms with Crippen molar-refractivity contribution in [3.8, 4) is 0 Å². The van der Waals surface area contributed by atoms with Crippen LogP contribution in [0.2, 0.25) is 0 Å². The van der Waals surface area contributed by atoms with Gasteiger partial charge in [-0.25, -0.2) is 9.67 Å². The minimum Gasteiger partial charge on any atom is -0.368 e. The topological polar surface area (TPSA) is 85.8 Å². The van der Waals surface area contributed by atoms with Crippen LogP contribution < -0.4 is 11.1 Å². The maximum atomic E-state index is 11.6. The molecule has 0 aliphatic carbocycles. The second kappa shape index (κ2) is 4.83. The molecule has 0 saturated carbocycles.